The van der Waals surface area contributed by atoms with Crippen molar-refractivity contribution in [3.8, 4) is 0 Å². The summed E-state index contributed by atoms with van der Waals surface area (Å²) in [6, 6.07) is 0. The number of ether oxygens (including phenoxy) is 3. The van der Waals surface area contributed by atoms with Crippen LogP contribution >= 0.6 is 0 Å². The van der Waals surface area contributed by atoms with Gasteiger partial charge in [0.25, 0.3) is 0 Å². The van der Waals surface area contributed by atoms with Crippen LogP contribution in [0.4, 0.5) is 0 Å². The summed E-state index contributed by atoms with van der Waals surface area (Å²) in [5.74, 6) is -0.941. The molecule has 6 heteroatoms. The molecular formula is C63H108O6. The molecule has 0 aliphatic heterocycles. The van der Waals surface area contributed by atoms with Gasteiger partial charge in [-0.1, -0.05) is 241 Å². The number of allylic oxidation sites excluding steroid dienone is 14. The van der Waals surface area contributed by atoms with Crippen molar-refractivity contribution in [2.75, 3.05) is 13.2 Å². The molecule has 0 aromatic rings. The third-order valence-corrected chi connectivity index (χ3v) is 12.4. The Morgan fingerprint density at radius 1 is 0.290 bits per heavy atom. The molecule has 0 aliphatic carbocycles. The van der Waals surface area contributed by atoms with Gasteiger partial charge in [0, 0.05) is 19.3 Å². The number of rotatable bonds is 52. The Morgan fingerprint density at radius 2 is 0.522 bits per heavy atom. The second kappa shape index (κ2) is 57.2. The van der Waals surface area contributed by atoms with Gasteiger partial charge in [0.05, 0.1) is 0 Å². The molecule has 0 unspecified atom stereocenters. The van der Waals surface area contributed by atoms with Crippen molar-refractivity contribution in [2.45, 2.75) is 284 Å². The lowest BCUT2D eigenvalue weighted by Gasteiger charge is -2.18. The van der Waals surface area contributed by atoms with Gasteiger partial charge in [-0.2, -0.15) is 0 Å². The maximum absolute atomic E-state index is 12.9. The maximum Gasteiger partial charge on any atom is 0.306 e. The van der Waals surface area contributed by atoms with E-state index in [1.54, 1.807) is 0 Å². The molecule has 0 rings (SSSR count). The number of carbonyl (C=O) groups is 3. The van der Waals surface area contributed by atoms with E-state index >= 15 is 0 Å². The highest BCUT2D eigenvalue weighted by Crippen LogP contribution is 2.15. The quantitative estimate of drug-likeness (QED) is 0.0262. The average molecular weight is 962 g/mol. The number of carbonyl (C=O) groups excluding carboxylic acids is 3. The second-order valence-corrected chi connectivity index (χ2v) is 19.2. The number of hydrogen-bond acceptors (Lipinski definition) is 6. The minimum Gasteiger partial charge on any atom is -0.462 e. The summed E-state index contributed by atoms with van der Waals surface area (Å²) in [6.45, 7) is 6.56. The molecule has 0 saturated carbocycles. The Balaban J connectivity index is 4.48. The van der Waals surface area contributed by atoms with Gasteiger partial charge >= 0.3 is 17.9 Å². The molecule has 1 atom stereocenters. The van der Waals surface area contributed by atoms with Crippen LogP contribution in [0.15, 0.2) is 85.1 Å². The first kappa shape index (κ1) is 65.6. The zero-order chi connectivity index (χ0) is 50.0. The molecule has 0 heterocycles. The predicted octanol–water partition coefficient (Wildman–Crippen LogP) is 19.5. The summed E-state index contributed by atoms with van der Waals surface area (Å²) in [6.07, 6.45) is 74.2. The third-order valence-electron chi connectivity index (χ3n) is 12.4. The van der Waals surface area contributed by atoms with Crippen molar-refractivity contribution in [1.29, 1.82) is 0 Å². The number of hydrogen-bond donors (Lipinski definition) is 0. The Hall–Kier alpha value is -3.41. The normalized spacial score (nSPS) is 12.7. The minimum absolute atomic E-state index is 0.0943. The van der Waals surface area contributed by atoms with Crippen molar-refractivity contribution >= 4 is 17.9 Å². The largest absolute Gasteiger partial charge is 0.462 e. The molecule has 6 nitrogen and oxygen atoms in total. The van der Waals surface area contributed by atoms with Crippen LogP contribution in [0, 0.1) is 0 Å². The van der Waals surface area contributed by atoms with Gasteiger partial charge < -0.3 is 14.2 Å². The van der Waals surface area contributed by atoms with E-state index in [4.69, 9.17) is 14.2 Å². The fourth-order valence-electron chi connectivity index (χ4n) is 7.96. The van der Waals surface area contributed by atoms with Crippen LogP contribution in [-0.4, -0.2) is 37.2 Å². The lowest BCUT2D eigenvalue weighted by molar-refractivity contribution is -0.167. The van der Waals surface area contributed by atoms with Crippen LogP contribution in [0.1, 0.15) is 278 Å². The van der Waals surface area contributed by atoms with Crippen LogP contribution in [0.2, 0.25) is 0 Å². The van der Waals surface area contributed by atoms with E-state index in [2.05, 4.69) is 106 Å². The molecular weight excluding hydrogens is 853 g/mol. The lowest BCUT2D eigenvalue weighted by atomic mass is 10.0. The van der Waals surface area contributed by atoms with E-state index in [1.165, 1.54) is 128 Å². The van der Waals surface area contributed by atoms with E-state index in [-0.39, 0.29) is 31.1 Å². The van der Waals surface area contributed by atoms with E-state index in [0.717, 1.165) is 109 Å². The Kier molecular flexibility index (Phi) is 54.3. The fourth-order valence-corrected chi connectivity index (χ4v) is 7.96. The maximum atomic E-state index is 12.9. The Bertz CT molecular complexity index is 1330. The monoisotopic (exact) mass is 961 g/mol. The van der Waals surface area contributed by atoms with Gasteiger partial charge in [-0.3, -0.25) is 14.4 Å². The Labute approximate surface area is 426 Å². The summed E-state index contributed by atoms with van der Waals surface area (Å²) in [7, 11) is 0. The minimum atomic E-state index is -0.801. The topological polar surface area (TPSA) is 78.9 Å². The molecule has 396 valence electrons. The van der Waals surface area contributed by atoms with Crippen molar-refractivity contribution in [3.63, 3.8) is 0 Å². The molecule has 0 bridgehead atoms. The van der Waals surface area contributed by atoms with Crippen LogP contribution in [0.3, 0.4) is 0 Å². The third kappa shape index (κ3) is 55.4. The highest BCUT2D eigenvalue weighted by Gasteiger charge is 2.19. The smallest absolute Gasteiger partial charge is 0.306 e. The van der Waals surface area contributed by atoms with Gasteiger partial charge in [0.1, 0.15) is 13.2 Å². The van der Waals surface area contributed by atoms with Crippen LogP contribution < -0.4 is 0 Å². The molecule has 0 N–H and O–H groups in total. The molecule has 0 amide bonds. The van der Waals surface area contributed by atoms with Gasteiger partial charge in [0.15, 0.2) is 6.10 Å². The first-order valence-electron chi connectivity index (χ1n) is 29.1. The van der Waals surface area contributed by atoms with Gasteiger partial charge in [0.2, 0.25) is 0 Å². The van der Waals surface area contributed by atoms with Crippen LogP contribution in [0.25, 0.3) is 0 Å². The molecule has 0 radical (unpaired) electrons. The van der Waals surface area contributed by atoms with Crippen molar-refractivity contribution < 1.29 is 28.6 Å². The van der Waals surface area contributed by atoms with Gasteiger partial charge in [-0.25, -0.2) is 0 Å². The van der Waals surface area contributed by atoms with Crippen LogP contribution in [-0.2, 0) is 28.6 Å². The summed E-state index contributed by atoms with van der Waals surface area (Å²) in [5, 5.41) is 0. The van der Waals surface area contributed by atoms with Crippen LogP contribution in [0.5, 0.6) is 0 Å². The Morgan fingerprint density at radius 3 is 0.855 bits per heavy atom. The van der Waals surface area contributed by atoms with E-state index in [9.17, 15) is 14.4 Å². The number of esters is 3. The molecule has 0 saturated heterocycles. The molecule has 69 heavy (non-hydrogen) atoms. The summed E-state index contributed by atoms with van der Waals surface area (Å²) in [4.78, 5) is 38.2. The average Bonchev–Trinajstić information content (AvgIpc) is 3.35. The second-order valence-electron chi connectivity index (χ2n) is 19.2. The van der Waals surface area contributed by atoms with E-state index in [0.29, 0.717) is 19.3 Å². The fraction of sp³-hybridized carbons (Fsp3) is 0.730. The summed E-state index contributed by atoms with van der Waals surface area (Å²) < 4.78 is 16.8. The van der Waals surface area contributed by atoms with Gasteiger partial charge in [-0.05, 0) is 103 Å². The molecule has 0 aromatic carbocycles. The first-order valence-corrected chi connectivity index (χ1v) is 29.1. The molecule has 0 fully saturated rings. The van der Waals surface area contributed by atoms with Crippen molar-refractivity contribution in [3.05, 3.63) is 85.1 Å². The summed E-state index contributed by atoms with van der Waals surface area (Å²) in [5.41, 5.74) is 0. The predicted molar refractivity (Wildman–Crippen MR) is 297 cm³/mol. The molecule has 0 aliphatic rings. The molecule has 0 spiro atoms. The zero-order valence-corrected chi connectivity index (χ0v) is 45.3. The highest BCUT2D eigenvalue weighted by molar-refractivity contribution is 5.71. The molecule has 0 aromatic heterocycles. The van der Waals surface area contributed by atoms with E-state index in [1.807, 2.05) is 0 Å². The van der Waals surface area contributed by atoms with Crippen molar-refractivity contribution in [2.24, 2.45) is 0 Å². The SMILES string of the molecule is CCCCC/C=C\C/C=C\C/C=C\C/C=C\CCCCCC(=O)OC[C@H](COC(=O)CCCCCCCCCCCCCCCCC)OC(=O)CCCCCC/C=C\C/C=C\C/C=C\CCCCC. The standard InChI is InChI=1S/C63H108O6/c1-4-7-10-13-16-19-22-25-28-30-31-33-35-38-41-44-47-50-53-56-62(65)68-59-60(58-67-61(64)55-52-49-46-43-40-37-34-27-24-21-18-15-12-9-6-3)69-63(66)57-54-51-48-45-42-39-36-32-29-26-23-20-17-14-11-8-5-2/h16-17,19-20,25-26,28-29,31,33,36,38-39,41,60H,4-15,18,21-24,27,30,32,34-35,37,40,42-59H2,1-3H3/b19-16-,20-17-,28-25-,29-26-,33-31-,39-36-,41-38-/t60-/m0/s1. The van der Waals surface area contributed by atoms with Gasteiger partial charge in [-0.15, -0.1) is 0 Å². The zero-order valence-electron chi connectivity index (χ0n) is 45.3. The van der Waals surface area contributed by atoms with E-state index < -0.39 is 6.10 Å². The summed E-state index contributed by atoms with van der Waals surface area (Å²) >= 11 is 0. The highest BCUT2D eigenvalue weighted by atomic mass is 16.6. The van der Waals surface area contributed by atoms with Crippen molar-refractivity contribution in [1.82, 2.24) is 0 Å². The number of unbranched alkanes of at least 4 members (excludes halogenated alkanes) is 27. The first-order chi connectivity index (χ1) is 34.0. The lowest BCUT2D eigenvalue weighted by Crippen LogP contribution is -2.30.